The number of nitrogens with zero attached hydrogens (tertiary/aromatic N) is 2. The first-order chi connectivity index (χ1) is 14.6. The van der Waals surface area contributed by atoms with E-state index in [1.54, 1.807) is 7.11 Å². The highest BCUT2D eigenvalue weighted by Crippen LogP contribution is 2.22. The molecule has 4 N–H and O–H groups in total. The van der Waals surface area contributed by atoms with Gasteiger partial charge >= 0.3 is 6.03 Å². The van der Waals surface area contributed by atoms with Crippen LogP contribution in [-0.2, 0) is 13.0 Å². The van der Waals surface area contributed by atoms with Gasteiger partial charge in [0.2, 0.25) is 0 Å². The van der Waals surface area contributed by atoms with Gasteiger partial charge in [-0.15, -0.1) is 0 Å². The number of nitrogens with one attached hydrogen (secondary N) is 4. The van der Waals surface area contributed by atoms with E-state index in [0.717, 1.165) is 28.9 Å². The summed E-state index contributed by atoms with van der Waals surface area (Å²) in [5.74, 6) is 1.93. The molecule has 0 radical (unpaired) electrons. The number of carbonyl (C=O) groups excluding carboxylic acids is 1. The van der Waals surface area contributed by atoms with Gasteiger partial charge in [0, 0.05) is 28.7 Å². The van der Waals surface area contributed by atoms with Crippen LogP contribution in [0.2, 0.25) is 0 Å². The second-order valence-electron chi connectivity index (χ2n) is 6.97. The number of benzene rings is 2. The Balaban J connectivity index is 1.27. The van der Waals surface area contributed by atoms with Crippen molar-refractivity contribution >= 4 is 16.9 Å². The minimum Gasteiger partial charge on any atom is -0.497 e. The molecular formula is C22H24N6O2. The fourth-order valence-corrected chi connectivity index (χ4v) is 3.43. The van der Waals surface area contributed by atoms with Gasteiger partial charge in [-0.2, -0.15) is 5.10 Å². The number of rotatable bonds is 7. The lowest BCUT2D eigenvalue weighted by Crippen LogP contribution is -2.36. The highest BCUT2D eigenvalue weighted by Gasteiger charge is 2.10. The fourth-order valence-electron chi connectivity index (χ4n) is 3.43. The maximum absolute atomic E-state index is 12.1. The molecule has 2 aromatic carbocycles. The summed E-state index contributed by atoms with van der Waals surface area (Å²) >= 11 is 0. The molecule has 0 unspecified atom stereocenters. The molecule has 2 heterocycles. The molecule has 0 fully saturated rings. The first-order valence-corrected chi connectivity index (χ1v) is 9.77. The van der Waals surface area contributed by atoms with E-state index in [2.05, 4.69) is 49.9 Å². The Morgan fingerprint density at radius 3 is 2.70 bits per heavy atom. The van der Waals surface area contributed by atoms with Gasteiger partial charge < -0.3 is 20.4 Å². The molecule has 2 aromatic heterocycles. The maximum Gasteiger partial charge on any atom is 0.315 e. The number of carbonyl (C=O) groups is 1. The summed E-state index contributed by atoms with van der Waals surface area (Å²) in [6.45, 7) is 2.86. The lowest BCUT2D eigenvalue weighted by Gasteiger charge is -2.06. The van der Waals surface area contributed by atoms with Gasteiger partial charge in [0.05, 0.1) is 13.7 Å². The number of methoxy groups -OCH3 is 1. The number of para-hydroxylation sites is 1. The van der Waals surface area contributed by atoms with Crippen LogP contribution in [0.1, 0.15) is 17.1 Å². The maximum atomic E-state index is 12.1. The van der Waals surface area contributed by atoms with Gasteiger partial charge in [0.1, 0.15) is 11.6 Å². The summed E-state index contributed by atoms with van der Waals surface area (Å²) in [4.78, 5) is 19.9. The molecule has 0 saturated carbocycles. The number of hydrogen-bond acceptors (Lipinski definition) is 4. The lowest BCUT2D eigenvalue weighted by molar-refractivity contribution is 0.240. The van der Waals surface area contributed by atoms with Crippen molar-refractivity contribution in [2.45, 2.75) is 19.9 Å². The molecule has 0 saturated heterocycles. The number of fused-ring (bicyclic) bond motifs is 1. The summed E-state index contributed by atoms with van der Waals surface area (Å²) in [7, 11) is 1.62. The minimum absolute atomic E-state index is 0.241. The molecule has 154 valence electrons. The highest BCUT2D eigenvalue weighted by molar-refractivity contribution is 5.84. The second-order valence-corrected chi connectivity index (χ2v) is 6.97. The van der Waals surface area contributed by atoms with Gasteiger partial charge in [-0.05, 0) is 49.2 Å². The third-order valence-electron chi connectivity index (χ3n) is 4.98. The van der Waals surface area contributed by atoms with Crippen molar-refractivity contribution in [2.24, 2.45) is 0 Å². The van der Waals surface area contributed by atoms with E-state index in [4.69, 9.17) is 4.74 Å². The third kappa shape index (κ3) is 4.27. The highest BCUT2D eigenvalue weighted by atomic mass is 16.5. The predicted molar refractivity (Wildman–Crippen MR) is 115 cm³/mol. The summed E-state index contributed by atoms with van der Waals surface area (Å²) < 4.78 is 5.15. The van der Waals surface area contributed by atoms with Crippen LogP contribution in [0.3, 0.4) is 0 Å². The van der Waals surface area contributed by atoms with E-state index in [-0.39, 0.29) is 12.6 Å². The normalized spacial score (nSPS) is 10.9. The summed E-state index contributed by atoms with van der Waals surface area (Å²) in [6, 6.07) is 15.4. The van der Waals surface area contributed by atoms with Crippen molar-refractivity contribution < 1.29 is 9.53 Å². The second kappa shape index (κ2) is 8.69. The molecule has 8 heteroatoms. The smallest absolute Gasteiger partial charge is 0.315 e. The van der Waals surface area contributed by atoms with Crippen LogP contribution in [0, 0.1) is 6.92 Å². The quantitative estimate of drug-likeness (QED) is 0.379. The molecule has 4 aromatic rings. The Kier molecular flexibility index (Phi) is 5.65. The van der Waals surface area contributed by atoms with Crippen molar-refractivity contribution in [1.82, 2.24) is 30.8 Å². The average molecular weight is 404 g/mol. The molecule has 0 aliphatic rings. The van der Waals surface area contributed by atoms with E-state index in [9.17, 15) is 4.79 Å². The van der Waals surface area contributed by atoms with Crippen LogP contribution in [-0.4, -0.2) is 39.9 Å². The lowest BCUT2D eigenvalue weighted by atomic mass is 10.1. The zero-order chi connectivity index (χ0) is 20.9. The van der Waals surface area contributed by atoms with Gasteiger partial charge in [0.25, 0.3) is 0 Å². The Morgan fingerprint density at radius 1 is 1.10 bits per heavy atom. The number of aryl methyl sites for hydroxylation is 1. The standard InChI is InChI=1S/C22H24N6O2/c1-14-17(18-5-3-4-6-19(18)25-14)11-12-23-22(29)24-13-20-26-21(28-27-20)15-7-9-16(30-2)10-8-15/h3-10,25H,11-13H2,1-2H3,(H2,23,24,29)(H,26,27,28). The molecule has 0 aliphatic heterocycles. The zero-order valence-electron chi connectivity index (χ0n) is 17.0. The van der Waals surface area contributed by atoms with Gasteiger partial charge in [-0.25, -0.2) is 9.78 Å². The molecule has 2 amide bonds. The van der Waals surface area contributed by atoms with E-state index in [1.165, 1.54) is 10.9 Å². The SMILES string of the molecule is COc1ccc(-c2n[nH]c(CNC(=O)NCCc3c(C)[nH]c4ccccc34)n2)cc1. The molecule has 8 nitrogen and oxygen atoms in total. The van der Waals surface area contributed by atoms with E-state index < -0.39 is 0 Å². The van der Waals surface area contributed by atoms with E-state index in [0.29, 0.717) is 18.2 Å². The summed E-state index contributed by atoms with van der Waals surface area (Å²) in [5.41, 5.74) is 4.35. The van der Waals surface area contributed by atoms with Gasteiger partial charge in [-0.1, -0.05) is 18.2 Å². The molecule has 30 heavy (non-hydrogen) atoms. The Morgan fingerprint density at radius 2 is 1.90 bits per heavy atom. The molecule has 0 spiro atoms. The largest absolute Gasteiger partial charge is 0.497 e. The number of amides is 2. The van der Waals surface area contributed by atoms with Crippen LogP contribution < -0.4 is 15.4 Å². The monoisotopic (exact) mass is 404 g/mol. The van der Waals surface area contributed by atoms with Crippen molar-refractivity contribution in [2.75, 3.05) is 13.7 Å². The number of H-pyrrole nitrogens is 2. The van der Waals surface area contributed by atoms with Gasteiger partial charge in [-0.3, -0.25) is 5.10 Å². The van der Waals surface area contributed by atoms with Crippen LogP contribution >= 0.6 is 0 Å². The Labute approximate surface area is 174 Å². The van der Waals surface area contributed by atoms with Crippen LogP contribution in [0.25, 0.3) is 22.3 Å². The van der Waals surface area contributed by atoms with Crippen molar-refractivity contribution in [1.29, 1.82) is 0 Å². The molecule has 4 rings (SSSR count). The van der Waals surface area contributed by atoms with Crippen molar-refractivity contribution in [3.05, 3.63) is 65.6 Å². The number of urea groups is 1. The number of aromatic amines is 2. The van der Waals surface area contributed by atoms with Crippen LogP contribution in [0.4, 0.5) is 4.79 Å². The van der Waals surface area contributed by atoms with Crippen molar-refractivity contribution in [3.63, 3.8) is 0 Å². The predicted octanol–water partition coefficient (Wildman–Crippen LogP) is 3.31. The minimum atomic E-state index is -0.241. The molecular weight excluding hydrogens is 380 g/mol. The molecule has 0 bridgehead atoms. The Hall–Kier alpha value is -3.81. The first-order valence-electron chi connectivity index (χ1n) is 9.77. The van der Waals surface area contributed by atoms with Crippen molar-refractivity contribution in [3.8, 4) is 17.1 Å². The van der Waals surface area contributed by atoms with E-state index in [1.807, 2.05) is 36.4 Å². The van der Waals surface area contributed by atoms with Crippen LogP contribution in [0.5, 0.6) is 5.75 Å². The zero-order valence-corrected chi connectivity index (χ0v) is 17.0. The van der Waals surface area contributed by atoms with Crippen LogP contribution in [0.15, 0.2) is 48.5 Å². The van der Waals surface area contributed by atoms with Gasteiger partial charge in [0.15, 0.2) is 5.82 Å². The molecule has 0 aliphatic carbocycles. The number of hydrogen-bond donors (Lipinski definition) is 4. The van der Waals surface area contributed by atoms with E-state index >= 15 is 0 Å². The number of aromatic nitrogens is 4. The topological polar surface area (TPSA) is 108 Å². The number of ether oxygens (including phenoxy) is 1. The Bertz CT molecular complexity index is 1150. The summed E-state index contributed by atoms with van der Waals surface area (Å²) in [5, 5.41) is 14.0. The first kappa shape index (κ1) is 19.5. The molecule has 0 atom stereocenters. The fraction of sp³-hybridized carbons (Fsp3) is 0.227. The summed E-state index contributed by atoms with van der Waals surface area (Å²) in [6.07, 6.45) is 0.757. The third-order valence-corrected chi connectivity index (χ3v) is 4.98. The average Bonchev–Trinajstić information content (AvgIpc) is 3.37.